The van der Waals surface area contributed by atoms with Gasteiger partial charge >= 0.3 is 0 Å². The van der Waals surface area contributed by atoms with Gasteiger partial charge in [-0.1, -0.05) is 12.1 Å². The van der Waals surface area contributed by atoms with E-state index in [-0.39, 0.29) is 0 Å². The molecule has 3 aromatic rings. The SMILES string of the molecule is NCc1cccc(Oc2ccc3cccnc3c2)n1. The van der Waals surface area contributed by atoms with Crippen LogP contribution >= 0.6 is 0 Å². The van der Waals surface area contributed by atoms with E-state index in [1.165, 1.54) is 0 Å². The van der Waals surface area contributed by atoms with Crippen LogP contribution in [0.4, 0.5) is 0 Å². The minimum atomic E-state index is 0.399. The van der Waals surface area contributed by atoms with Crippen LogP contribution in [0.15, 0.2) is 54.7 Å². The molecule has 2 aromatic heterocycles. The average Bonchev–Trinajstić information content (AvgIpc) is 2.47. The molecule has 0 spiro atoms. The summed E-state index contributed by atoms with van der Waals surface area (Å²) in [5.74, 6) is 1.26. The summed E-state index contributed by atoms with van der Waals surface area (Å²) in [5.41, 5.74) is 7.26. The molecule has 0 saturated heterocycles. The van der Waals surface area contributed by atoms with Crippen LogP contribution in [-0.4, -0.2) is 9.97 Å². The molecule has 0 saturated carbocycles. The topological polar surface area (TPSA) is 61.0 Å². The Morgan fingerprint density at radius 1 is 1.05 bits per heavy atom. The lowest BCUT2D eigenvalue weighted by atomic mass is 10.2. The molecule has 0 unspecified atom stereocenters. The molecule has 1 aromatic carbocycles. The highest BCUT2D eigenvalue weighted by molar-refractivity contribution is 5.79. The Kier molecular flexibility index (Phi) is 3.08. The predicted octanol–water partition coefficient (Wildman–Crippen LogP) is 2.88. The second kappa shape index (κ2) is 5.04. The highest BCUT2D eigenvalue weighted by atomic mass is 16.5. The van der Waals surface area contributed by atoms with E-state index in [1.807, 2.05) is 48.5 Å². The zero-order valence-electron chi connectivity index (χ0n) is 10.3. The third-order valence-electron chi connectivity index (χ3n) is 2.79. The summed E-state index contributed by atoms with van der Waals surface area (Å²) in [5, 5.41) is 1.08. The third kappa shape index (κ3) is 2.53. The lowest BCUT2D eigenvalue weighted by molar-refractivity contribution is 0.461. The zero-order chi connectivity index (χ0) is 13.1. The van der Waals surface area contributed by atoms with Crippen molar-refractivity contribution in [2.45, 2.75) is 6.54 Å². The second-order valence-electron chi connectivity index (χ2n) is 4.13. The number of pyridine rings is 2. The van der Waals surface area contributed by atoms with Crippen molar-refractivity contribution >= 4 is 10.9 Å². The first-order valence-electron chi connectivity index (χ1n) is 6.04. The summed E-state index contributed by atoms with van der Waals surface area (Å²) >= 11 is 0. The van der Waals surface area contributed by atoms with Crippen LogP contribution < -0.4 is 10.5 Å². The number of hydrogen-bond acceptors (Lipinski definition) is 4. The first-order chi connectivity index (χ1) is 9.35. The largest absolute Gasteiger partial charge is 0.439 e. The molecule has 0 fully saturated rings. The molecule has 0 aliphatic carbocycles. The Balaban J connectivity index is 1.92. The number of benzene rings is 1. The van der Waals surface area contributed by atoms with Gasteiger partial charge in [-0.25, -0.2) is 4.98 Å². The summed E-state index contributed by atoms with van der Waals surface area (Å²) in [6.45, 7) is 0.399. The maximum Gasteiger partial charge on any atom is 0.219 e. The summed E-state index contributed by atoms with van der Waals surface area (Å²) in [7, 11) is 0. The smallest absolute Gasteiger partial charge is 0.219 e. The van der Waals surface area contributed by atoms with Crippen molar-refractivity contribution in [3.8, 4) is 11.6 Å². The molecule has 0 radical (unpaired) electrons. The molecule has 0 amide bonds. The lowest BCUT2D eigenvalue weighted by Gasteiger charge is -2.06. The first kappa shape index (κ1) is 11.6. The lowest BCUT2D eigenvalue weighted by Crippen LogP contribution is -2.00. The molecular weight excluding hydrogens is 238 g/mol. The van der Waals surface area contributed by atoms with Crippen molar-refractivity contribution in [1.82, 2.24) is 9.97 Å². The van der Waals surface area contributed by atoms with Crippen molar-refractivity contribution in [2.75, 3.05) is 0 Å². The van der Waals surface area contributed by atoms with Crippen molar-refractivity contribution in [2.24, 2.45) is 5.73 Å². The highest BCUT2D eigenvalue weighted by Gasteiger charge is 2.01. The standard InChI is InChI=1S/C15H13N3O/c16-10-12-4-1-5-15(18-12)19-13-7-6-11-3-2-8-17-14(11)9-13/h1-9H,10,16H2. The number of aromatic nitrogens is 2. The molecule has 94 valence electrons. The van der Waals surface area contributed by atoms with Crippen LogP contribution in [0.25, 0.3) is 10.9 Å². The molecule has 0 aliphatic rings. The third-order valence-corrected chi connectivity index (χ3v) is 2.79. The number of nitrogens with zero attached hydrogens (tertiary/aromatic N) is 2. The number of hydrogen-bond donors (Lipinski definition) is 1. The van der Waals surface area contributed by atoms with Crippen LogP contribution in [0, 0.1) is 0 Å². The van der Waals surface area contributed by atoms with Crippen LogP contribution in [0.2, 0.25) is 0 Å². The molecule has 2 N–H and O–H groups in total. The van der Waals surface area contributed by atoms with E-state index in [2.05, 4.69) is 9.97 Å². The molecule has 0 atom stereocenters. The number of fused-ring (bicyclic) bond motifs is 1. The molecule has 3 rings (SSSR count). The normalized spacial score (nSPS) is 10.6. The summed E-state index contributed by atoms with van der Waals surface area (Å²) < 4.78 is 5.72. The van der Waals surface area contributed by atoms with E-state index in [9.17, 15) is 0 Å². The van der Waals surface area contributed by atoms with Crippen LogP contribution in [0.3, 0.4) is 0 Å². The fraction of sp³-hybridized carbons (Fsp3) is 0.0667. The molecule has 19 heavy (non-hydrogen) atoms. The maximum atomic E-state index is 5.72. The summed E-state index contributed by atoms with van der Waals surface area (Å²) in [6, 6.07) is 15.3. The van der Waals surface area contributed by atoms with Gasteiger partial charge in [-0.2, -0.15) is 0 Å². The second-order valence-corrected chi connectivity index (χ2v) is 4.13. The van der Waals surface area contributed by atoms with E-state index >= 15 is 0 Å². The number of nitrogens with two attached hydrogens (primary N) is 1. The van der Waals surface area contributed by atoms with Gasteiger partial charge < -0.3 is 10.5 Å². The van der Waals surface area contributed by atoms with Gasteiger partial charge in [0.15, 0.2) is 0 Å². The maximum absolute atomic E-state index is 5.72. The van der Waals surface area contributed by atoms with Crippen LogP contribution in [0.1, 0.15) is 5.69 Å². The van der Waals surface area contributed by atoms with Crippen LogP contribution in [-0.2, 0) is 6.54 Å². The van der Waals surface area contributed by atoms with E-state index in [4.69, 9.17) is 10.5 Å². The van der Waals surface area contributed by atoms with Gasteiger partial charge in [0.2, 0.25) is 5.88 Å². The molecule has 4 nitrogen and oxygen atoms in total. The van der Waals surface area contributed by atoms with Crippen molar-refractivity contribution < 1.29 is 4.74 Å². The fourth-order valence-corrected chi connectivity index (χ4v) is 1.86. The predicted molar refractivity (Wildman–Crippen MR) is 73.9 cm³/mol. The molecular formula is C15H13N3O. The summed E-state index contributed by atoms with van der Waals surface area (Å²) in [6.07, 6.45) is 1.76. The van der Waals surface area contributed by atoms with Gasteiger partial charge in [-0.05, 0) is 24.3 Å². The van der Waals surface area contributed by atoms with Gasteiger partial charge in [-0.15, -0.1) is 0 Å². The minimum Gasteiger partial charge on any atom is -0.439 e. The van der Waals surface area contributed by atoms with E-state index in [1.54, 1.807) is 6.20 Å². The fourth-order valence-electron chi connectivity index (χ4n) is 1.86. The van der Waals surface area contributed by atoms with E-state index in [0.717, 1.165) is 16.6 Å². The number of rotatable bonds is 3. The molecule has 2 heterocycles. The van der Waals surface area contributed by atoms with Crippen LogP contribution in [0.5, 0.6) is 11.6 Å². The van der Waals surface area contributed by atoms with Crippen molar-refractivity contribution in [3.05, 3.63) is 60.4 Å². The van der Waals surface area contributed by atoms with Crippen molar-refractivity contribution in [3.63, 3.8) is 0 Å². The van der Waals surface area contributed by atoms with Crippen molar-refractivity contribution in [1.29, 1.82) is 0 Å². The molecule has 0 aliphatic heterocycles. The van der Waals surface area contributed by atoms with Gasteiger partial charge in [0.05, 0.1) is 11.2 Å². The minimum absolute atomic E-state index is 0.399. The Morgan fingerprint density at radius 2 is 2.00 bits per heavy atom. The molecule has 0 bridgehead atoms. The first-order valence-corrected chi connectivity index (χ1v) is 6.04. The average molecular weight is 251 g/mol. The summed E-state index contributed by atoms with van der Waals surface area (Å²) in [4.78, 5) is 8.60. The van der Waals surface area contributed by atoms with E-state index < -0.39 is 0 Å². The van der Waals surface area contributed by atoms with Gasteiger partial charge in [0.1, 0.15) is 5.75 Å². The quantitative estimate of drug-likeness (QED) is 0.777. The Morgan fingerprint density at radius 3 is 2.89 bits per heavy atom. The monoisotopic (exact) mass is 251 g/mol. The highest BCUT2D eigenvalue weighted by Crippen LogP contribution is 2.23. The number of ether oxygens (including phenoxy) is 1. The van der Waals surface area contributed by atoms with Gasteiger partial charge in [0.25, 0.3) is 0 Å². The zero-order valence-corrected chi connectivity index (χ0v) is 10.3. The van der Waals surface area contributed by atoms with E-state index in [0.29, 0.717) is 18.2 Å². The Bertz CT molecular complexity index is 712. The van der Waals surface area contributed by atoms with Gasteiger partial charge in [-0.3, -0.25) is 4.98 Å². The Labute approximate surface area is 110 Å². The molecule has 4 heteroatoms. The Hall–Kier alpha value is -2.46. The van der Waals surface area contributed by atoms with Gasteiger partial charge in [0, 0.05) is 30.3 Å².